The van der Waals surface area contributed by atoms with E-state index in [9.17, 15) is 28.2 Å². The van der Waals surface area contributed by atoms with Crippen molar-refractivity contribution in [2.45, 2.75) is 63.7 Å². The number of phenols is 1. The third-order valence-electron chi connectivity index (χ3n) is 9.22. The van der Waals surface area contributed by atoms with E-state index in [4.69, 9.17) is 4.74 Å². The number of urea groups is 1. The van der Waals surface area contributed by atoms with Crippen molar-refractivity contribution in [1.82, 2.24) is 24.4 Å². The molecule has 3 N–H and O–H groups in total. The number of aromatic hydroxyl groups is 1. The van der Waals surface area contributed by atoms with Gasteiger partial charge in [-0.15, -0.1) is 0 Å². The number of aromatic nitrogens is 1. The number of hydrogen-bond donors (Lipinski definition) is 3. The predicted octanol–water partition coefficient (Wildman–Crippen LogP) is 4.65. The molecule has 13 heteroatoms. The number of hydrogen-bond acceptors (Lipinski definition) is 8. The number of carbonyl (C=O) groups excluding carboxylic acids is 2. The van der Waals surface area contributed by atoms with E-state index in [1.165, 1.54) is 23.5 Å². The van der Waals surface area contributed by atoms with Crippen LogP contribution in [0.3, 0.4) is 0 Å². The number of rotatable bonds is 16. The first-order chi connectivity index (χ1) is 24.8. The normalized spacial score (nSPS) is 15.4. The molecule has 278 valence electrons. The minimum absolute atomic E-state index is 0.0488. The Balaban J connectivity index is 1.36. The second-order valence-corrected chi connectivity index (χ2v) is 15.9. The highest BCUT2D eigenvalue weighted by atomic mass is 32.2. The lowest BCUT2D eigenvalue weighted by Crippen LogP contribution is -2.57. The monoisotopic (exact) mass is 731 g/mol. The number of benzene rings is 3. The standard InChI is InChI=1S/C39H49N5O7S/c1-26(2)23-43(52(49,50)32-18-16-31(51-5)17-19-32)25-35(46)33(22-28-10-7-6-8-11-28)41-38(47)37(27(3)4)44-21-20-42(39(44)48)24-30-15-14-29-12-9-13-34(45)36(29)40-30/h6-19,26-27,33,35,37,45-46H,20-25H2,1-5H3,(H,41,47)/t33-,35-,37-/m0/s1. The number of sulfonamides is 1. The molecule has 1 fully saturated rings. The summed E-state index contributed by atoms with van der Waals surface area (Å²) in [6.45, 7) is 8.30. The second-order valence-electron chi connectivity index (χ2n) is 14.0. The molecular weight excluding hydrogens is 683 g/mol. The molecule has 1 aliphatic heterocycles. The number of pyridine rings is 1. The Kier molecular flexibility index (Phi) is 12.4. The number of methoxy groups -OCH3 is 1. The number of para-hydroxylation sites is 1. The Labute approximate surface area is 306 Å². The average Bonchev–Trinajstić information content (AvgIpc) is 3.46. The zero-order chi connectivity index (χ0) is 37.6. The lowest BCUT2D eigenvalue weighted by molar-refractivity contribution is -0.128. The van der Waals surface area contributed by atoms with Crippen LogP contribution in [0.5, 0.6) is 11.5 Å². The van der Waals surface area contributed by atoms with E-state index in [0.29, 0.717) is 30.0 Å². The molecule has 1 saturated heterocycles. The molecule has 3 atom stereocenters. The van der Waals surface area contributed by atoms with Crippen LogP contribution in [-0.2, 0) is 27.8 Å². The number of carbonyl (C=O) groups is 2. The number of phenolic OH excluding ortho intramolecular Hbond substituents is 1. The number of ether oxygens (including phenoxy) is 1. The van der Waals surface area contributed by atoms with Crippen molar-refractivity contribution in [2.75, 3.05) is 33.3 Å². The molecule has 0 radical (unpaired) electrons. The lowest BCUT2D eigenvalue weighted by atomic mass is 9.97. The van der Waals surface area contributed by atoms with Crippen LogP contribution < -0.4 is 10.1 Å². The molecule has 0 spiro atoms. The van der Waals surface area contributed by atoms with Crippen molar-refractivity contribution in [1.29, 1.82) is 0 Å². The van der Waals surface area contributed by atoms with Gasteiger partial charge in [0.2, 0.25) is 15.9 Å². The number of fused-ring (bicyclic) bond motifs is 1. The molecule has 1 aliphatic rings. The fourth-order valence-corrected chi connectivity index (χ4v) is 8.22. The topological polar surface area (TPSA) is 153 Å². The summed E-state index contributed by atoms with van der Waals surface area (Å²) in [5.74, 6) is -0.185. The number of aliphatic hydroxyl groups is 1. The Morgan fingerprint density at radius 1 is 0.942 bits per heavy atom. The highest BCUT2D eigenvalue weighted by Crippen LogP contribution is 2.26. The van der Waals surface area contributed by atoms with Gasteiger partial charge in [-0.3, -0.25) is 4.79 Å². The first-order valence-corrected chi connectivity index (χ1v) is 19.0. The molecule has 5 rings (SSSR count). The molecule has 2 heterocycles. The summed E-state index contributed by atoms with van der Waals surface area (Å²) in [6, 6.07) is 22.2. The maximum atomic E-state index is 14.2. The van der Waals surface area contributed by atoms with Gasteiger partial charge in [-0.25, -0.2) is 18.2 Å². The second kappa shape index (κ2) is 16.7. The average molecular weight is 732 g/mol. The zero-order valence-electron chi connectivity index (χ0n) is 30.3. The smallest absolute Gasteiger partial charge is 0.321 e. The van der Waals surface area contributed by atoms with Gasteiger partial charge in [-0.05, 0) is 60.2 Å². The third kappa shape index (κ3) is 9.01. The van der Waals surface area contributed by atoms with E-state index >= 15 is 0 Å². The largest absolute Gasteiger partial charge is 0.506 e. The summed E-state index contributed by atoms with van der Waals surface area (Å²) in [5, 5.41) is 25.9. The minimum atomic E-state index is -4.02. The Morgan fingerprint density at radius 2 is 1.65 bits per heavy atom. The van der Waals surface area contributed by atoms with Gasteiger partial charge < -0.3 is 30.1 Å². The first-order valence-electron chi connectivity index (χ1n) is 17.6. The van der Waals surface area contributed by atoms with Crippen molar-refractivity contribution < 1.29 is 33.0 Å². The summed E-state index contributed by atoms with van der Waals surface area (Å²) in [5.41, 5.74) is 1.91. The highest BCUT2D eigenvalue weighted by molar-refractivity contribution is 7.89. The van der Waals surface area contributed by atoms with Gasteiger partial charge >= 0.3 is 6.03 Å². The van der Waals surface area contributed by atoms with Crippen LogP contribution in [0, 0.1) is 11.8 Å². The molecule has 4 aromatic rings. The van der Waals surface area contributed by atoms with Gasteiger partial charge in [0.25, 0.3) is 0 Å². The molecule has 1 aromatic heterocycles. The number of amides is 3. The van der Waals surface area contributed by atoms with E-state index in [2.05, 4.69) is 10.3 Å². The molecule has 3 amide bonds. The van der Waals surface area contributed by atoms with Gasteiger partial charge in [-0.1, -0.05) is 76.2 Å². The van der Waals surface area contributed by atoms with Crippen molar-refractivity contribution in [2.24, 2.45) is 11.8 Å². The summed E-state index contributed by atoms with van der Waals surface area (Å²) in [4.78, 5) is 35.8. The van der Waals surface area contributed by atoms with E-state index in [-0.39, 0.29) is 54.6 Å². The fourth-order valence-electron chi connectivity index (χ4n) is 6.60. The lowest BCUT2D eigenvalue weighted by Gasteiger charge is -2.34. The van der Waals surface area contributed by atoms with Crippen LogP contribution in [0.1, 0.15) is 39.0 Å². The van der Waals surface area contributed by atoms with Crippen LogP contribution in [0.4, 0.5) is 4.79 Å². The van der Waals surface area contributed by atoms with Crippen LogP contribution in [0.2, 0.25) is 0 Å². The van der Waals surface area contributed by atoms with Gasteiger partial charge in [0.05, 0.1) is 36.4 Å². The Morgan fingerprint density at radius 3 is 2.31 bits per heavy atom. The molecule has 0 bridgehead atoms. The summed E-state index contributed by atoms with van der Waals surface area (Å²) >= 11 is 0. The maximum absolute atomic E-state index is 14.2. The van der Waals surface area contributed by atoms with Crippen LogP contribution in [0.15, 0.2) is 89.8 Å². The quantitative estimate of drug-likeness (QED) is 0.151. The molecule has 0 saturated carbocycles. The van der Waals surface area contributed by atoms with Crippen LogP contribution in [-0.4, -0.2) is 101 Å². The first kappa shape index (κ1) is 38.5. The molecule has 12 nitrogen and oxygen atoms in total. The highest BCUT2D eigenvalue weighted by Gasteiger charge is 2.40. The van der Waals surface area contributed by atoms with E-state index in [1.54, 1.807) is 34.1 Å². The molecule has 0 aliphatic carbocycles. The van der Waals surface area contributed by atoms with Gasteiger partial charge in [0.15, 0.2) is 0 Å². The summed E-state index contributed by atoms with van der Waals surface area (Å²) < 4.78 is 34.2. The molecule has 3 aromatic carbocycles. The molecular formula is C39H49N5O7S. The van der Waals surface area contributed by atoms with E-state index in [1.807, 2.05) is 76.2 Å². The fraction of sp³-hybridized carbons (Fsp3) is 0.410. The van der Waals surface area contributed by atoms with Crippen molar-refractivity contribution in [3.8, 4) is 11.5 Å². The third-order valence-corrected chi connectivity index (χ3v) is 11.1. The number of aliphatic hydroxyl groups excluding tert-OH is 1. The van der Waals surface area contributed by atoms with Gasteiger partial charge in [0.1, 0.15) is 23.1 Å². The van der Waals surface area contributed by atoms with Crippen molar-refractivity contribution in [3.63, 3.8) is 0 Å². The van der Waals surface area contributed by atoms with Gasteiger partial charge in [-0.2, -0.15) is 4.31 Å². The van der Waals surface area contributed by atoms with Crippen molar-refractivity contribution >= 4 is 32.9 Å². The van der Waals surface area contributed by atoms with Crippen molar-refractivity contribution in [3.05, 3.63) is 96.2 Å². The maximum Gasteiger partial charge on any atom is 0.321 e. The zero-order valence-corrected chi connectivity index (χ0v) is 31.2. The van der Waals surface area contributed by atoms with Crippen LogP contribution >= 0.6 is 0 Å². The van der Waals surface area contributed by atoms with E-state index in [0.717, 1.165) is 10.9 Å². The number of nitrogens with one attached hydrogen (secondary N) is 1. The Hall–Kier alpha value is -4.72. The van der Waals surface area contributed by atoms with Crippen LogP contribution in [0.25, 0.3) is 10.9 Å². The SMILES string of the molecule is COc1ccc(S(=O)(=O)N(CC(C)C)C[C@H](O)[C@H](Cc2ccccc2)NC(=O)[C@H](C(C)C)N2CCN(Cc3ccc4cccc(O)c4n3)C2=O)cc1. The summed E-state index contributed by atoms with van der Waals surface area (Å²) in [7, 11) is -2.52. The molecule has 52 heavy (non-hydrogen) atoms. The number of nitrogens with zero attached hydrogens (tertiary/aromatic N) is 4. The summed E-state index contributed by atoms with van der Waals surface area (Å²) in [6.07, 6.45) is -1.05. The van der Waals surface area contributed by atoms with E-state index < -0.39 is 34.1 Å². The minimum Gasteiger partial charge on any atom is -0.506 e. The Bertz CT molecular complexity index is 1940. The van der Waals surface area contributed by atoms with Gasteiger partial charge in [0, 0.05) is 31.6 Å². The predicted molar refractivity (Wildman–Crippen MR) is 199 cm³/mol. The molecule has 0 unspecified atom stereocenters.